The molecule has 0 aromatic heterocycles. The summed E-state index contributed by atoms with van der Waals surface area (Å²) < 4.78 is 30.9. The van der Waals surface area contributed by atoms with Crippen LogP contribution in [0.25, 0.3) is 0 Å². The Hall–Kier alpha value is -1.71. The van der Waals surface area contributed by atoms with Crippen LogP contribution in [0.3, 0.4) is 0 Å². The lowest BCUT2D eigenvalue weighted by Gasteiger charge is -2.13. The number of carbonyl (C=O) groups excluding carboxylic acids is 1. The van der Waals surface area contributed by atoms with Crippen molar-refractivity contribution in [3.05, 3.63) is 47.2 Å². The van der Waals surface area contributed by atoms with Crippen molar-refractivity contribution in [3.8, 4) is 0 Å². The Kier molecular flexibility index (Phi) is 2.99. The maximum absolute atomic E-state index is 12.9. The Morgan fingerprint density at radius 3 is 2.44 bits per heavy atom. The first-order chi connectivity index (χ1) is 7.66. The van der Waals surface area contributed by atoms with Crippen molar-refractivity contribution >= 4 is 5.78 Å². The van der Waals surface area contributed by atoms with Crippen LogP contribution in [0.1, 0.15) is 23.2 Å². The number of ether oxygens (including phenoxy) is 1. The lowest BCUT2D eigenvalue weighted by molar-refractivity contribution is 0.0898. The van der Waals surface area contributed by atoms with Crippen molar-refractivity contribution < 1.29 is 18.3 Å². The predicted octanol–water partition coefficient (Wildman–Crippen LogP) is 2.84. The number of hydrogen-bond donors (Lipinski definition) is 0. The monoisotopic (exact) mass is 224 g/mol. The van der Waals surface area contributed by atoms with Crippen LogP contribution < -0.4 is 0 Å². The average molecular weight is 224 g/mol. The summed E-state index contributed by atoms with van der Waals surface area (Å²) in [5.41, 5.74) is -0.0225. The van der Waals surface area contributed by atoms with Crippen LogP contribution in [0.5, 0.6) is 0 Å². The van der Waals surface area contributed by atoms with E-state index in [1.54, 1.807) is 6.08 Å². The Bertz CT molecular complexity index is 432. The molecule has 1 aliphatic rings. The van der Waals surface area contributed by atoms with Gasteiger partial charge in [0.2, 0.25) is 5.78 Å². The van der Waals surface area contributed by atoms with Crippen LogP contribution in [-0.4, -0.2) is 12.4 Å². The lowest BCUT2D eigenvalue weighted by atomic mass is 10.1. The average Bonchev–Trinajstić information content (AvgIpc) is 2.28. The van der Waals surface area contributed by atoms with Gasteiger partial charge in [-0.25, -0.2) is 8.78 Å². The molecule has 0 spiro atoms. The number of ketones is 1. The summed E-state index contributed by atoms with van der Waals surface area (Å²) in [7, 11) is 0. The smallest absolute Gasteiger partial charge is 0.227 e. The second-order valence-electron chi connectivity index (χ2n) is 3.55. The molecule has 84 valence electrons. The van der Waals surface area contributed by atoms with Crippen LogP contribution in [0.2, 0.25) is 0 Å². The first-order valence-corrected chi connectivity index (χ1v) is 5.00. The molecule has 1 heterocycles. The minimum Gasteiger partial charge on any atom is -0.490 e. The van der Waals surface area contributed by atoms with Gasteiger partial charge in [-0.3, -0.25) is 4.79 Å². The van der Waals surface area contributed by atoms with E-state index in [2.05, 4.69) is 0 Å². The van der Waals surface area contributed by atoms with Gasteiger partial charge in [-0.2, -0.15) is 0 Å². The third-order valence-electron chi connectivity index (χ3n) is 2.28. The fourth-order valence-corrected chi connectivity index (χ4v) is 1.54. The maximum Gasteiger partial charge on any atom is 0.227 e. The zero-order valence-electron chi connectivity index (χ0n) is 8.50. The number of benzene rings is 1. The topological polar surface area (TPSA) is 26.3 Å². The molecular weight excluding hydrogens is 214 g/mol. The minimum atomic E-state index is -0.764. The van der Waals surface area contributed by atoms with E-state index in [9.17, 15) is 13.6 Å². The van der Waals surface area contributed by atoms with Crippen LogP contribution >= 0.6 is 0 Å². The van der Waals surface area contributed by atoms with E-state index in [1.165, 1.54) is 0 Å². The van der Waals surface area contributed by atoms with Crippen molar-refractivity contribution in [2.45, 2.75) is 12.8 Å². The molecule has 2 nitrogen and oxygen atoms in total. The Morgan fingerprint density at radius 2 is 1.88 bits per heavy atom. The molecule has 2 rings (SSSR count). The third-order valence-corrected chi connectivity index (χ3v) is 2.28. The molecule has 0 unspecified atom stereocenters. The Morgan fingerprint density at radius 1 is 1.19 bits per heavy atom. The van der Waals surface area contributed by atoms with Gasteiger partial charge < -0.3 is 4.74 Å². The standard InChI is InChI=1S/C12H10F2O2/c13-9-5-8(6-10(14)7-9)12(15)11-3-1-2-4-16-11/h3,5-7H,1-2,4H2. The van der Waals surface area contributed by atoms with Crippen LogP contribution in [0.4, 0.5) is 8.78 Å². The molecule has 0 saturated carbocycles. The highest BCUT2D eigenvalue weighted by Crippen LogP contribution is 2.17. The van der Waals surface area contributed by atoms with Gasteiger partial charge in [-0.05, 0) is 31.1 Å². The number of hydrogen-bond acceptors (Lipinski definition) is 2. The summed E-state index contributed by atoms with van der Waals surface area (Å²) in [6, 6.07) is 2.74. The molecule has 1 aliphatic heterocycles. The first-order valence-electron chi connectivity index (χ1n) is 5.00. The molecule has 0 bridgehead atoms. The molecule has 0 N–H and O–H groups in total. The fraction of sp³-hybridized carbons (Fsp3) is 0.250. The predicted molar refractivity (Wildman–Crippen MR) is 54.0 cm³/mol. The molecule has 16 heavy (non-hydrogen) atoms. The fourth-order valence-electron chi connectivity index (χ4n) is 1.54. The van der Waals surface area contributed by atoms with Crippen molar-refractivity contribution in [1.29, 1.82) is 0 Å². The van der Waals surface area contributed by atoms with Gasteiger partial charge in [0.15, 0.2) is 5.76 Å². The van der Waals surface area contributed by atoms with E-state index in [4.69, 9.17) is 4.74 Å². The summed E-state index contributed by atoms with van der Waals surface area (Å²) >= 11 is 0. The molecule has 0 atom stereocenters. The van der Waals surface area contributed by atoms with Gasteiger partial charge in [0.05, 0.1) is 6.61 Å². The number of halogens is 2. The summed E-state index contributed by atoms with van der Waals surface area (Å²) in [5, 5.41) is 0. The minimum absolute atomic E-state index is 0.0225. The molecule has 0 aliphatic carbocycles. The van der Waals surface area contributed by atoms with E-state index >= 15 is 0 Å². The van der Waals surface area contributed by atoms with E-state index < -0.39 is 17.4 Å². The van der Waals surface area contributed by atoms with Crippen molar-refractivity contribution in [1.82, 2.24) is 0 Å². The molecule has 0 fully saturated rings. The maximum atomic E-state index is 12.9. The van der Waals surface area contributed by atoms with Crippen molar-refractivity contribution in [2.24, 2.45) is 0 Å². The van der Waals surface area contributed by atoms with E-state index in [-0.39, 0.29) is 11.3 Å². The van der Waals surface area contributed by atoms with E-state index in [1.807, 2.05) is 0 Å². The zero-order chi connectivity index (χ0) is 11.5. The Balaban J connectivity index is 2.29. The number of Topliss-reactive ketones (excluding diaryl/α,β-unsaturated/α-hetero) is 1. The SMILES string of the molecule is O=C(C1=CCCCO1)c1cc(F)cc(F)c1. The van der Waals surface area contributed by atoms with E-state index in [0.29, 0.717) is 6.61 Å². The van der Waals surface area contributed by atoms with Gasteiger partial charge in [0.25, 0.3) is 0 Å². The largest absolute Gasteiger partial charge is 0.490 e. The molecule has 0 radical (unpaired) electrons. The molecule has 4 heteroatoms. The molecule has 0 saturated heterocycles. The molecule has 0 amide bonds. The van der Waals surface area contributed by atoms with E-state index in [0.717, 1.165) is 31.0 Å². The van der Waals surface area contributed by atoms with Crippen LogP contribution in [-0.2, 0) is 4.74 Å². The Labute approximate surface area is 91.5 Å². The first kappa shape index (κ1) is 10.8. The molecule has 1 aromatic carbocycles. The second-order valence-corrected chi connectivity index (χ2v) is 3.55. The molecular formula is C12H10F2O2. The van der Waals surface area contributed by atoms with Gasteiger partial charge in [0, 0.05) is 11.6 Å². The van der Waals surface area contributed by atoms with Gasteiger partial charge in [-0.15, -0.1) is 0 Å². The van der Waals surface area contributed by atoms with Gasteiger partial charge in [-0.1, -0.05) is 0 Å². The third kappa shape index (κ3) is 2.27. The summed E-state index contributed by atoms with van der Waals surface area (Å²) in [6.07, 6.45) is 3.25. The second kappa shape index (κ2) is 4.43. The van der Waals surface area contributed by atoms with Gasteiger partial charge in [0.1, 0.15) is 11.6 Å². The quantitative estimate of drug-likeness (QED) is 0.722. The zero-order valence-corrected chi connectivity index (χ0v) is 8.50. The van der Waals surface area contributed by atoms with Gasteiger partial charge >= 0.3 is 0 Å². The van der Waals surface area contributed by atoms with Crippen LogP contribution in [0.15, 0.2) is 30.0 Å². The summed E-state index contributed by atoms with van der Waals surface area (Å²) in [5.74, 6) is -1.83. The summed E-state index contributed by atoms with van der Waals surface area (Å²) in [6.45, 7) is 0.468. The van der Waals surface area contributed by atoms with Crippen LogP contribution in [0, 0.1) is 11.6 Å². The molecule has 1 aromatic rings. The van der Waals surface area contributed by atoms with Crippen molar-refractivity contribution in [3.63, 3.8) is 0 Å². The normalized spacial score (nSPS) is 15.2. The lowest BCUT2D eigenvalue weighted by Crippen LogP contribution is -2.11. The highest BCUT2D eigenvalue weighted by molar-refractivity contribution is 6.07. The highest BCUT2D eigenvalue weighted by Gasteiger charge is 2.17. The summed E-state index contributed by atoms with van der Waals surface area (Å²) in [4.78, 5) is 11.8. The number of allylic oxidation sites excluding steroid dienone is 2. The van der Waals surface area contributed by atoms with Crippen molar-refractivity contribution in [2.75, 3.05) is 6.61 Å². The highest BCUT2D eigenvalue weighted by atomic mass is 19.1. The number of rotatable bonds is 2. The number of carbonyl (C=O) groups is 1.